The highest BCUT2D eigenvalue weighted by atomic mass is 16.2. The van der Waals surface area contributed by atoms with Crippen molar-refractivity contribution in [3.63, 3.8) is 0 Å². The van der Waals surface area contributed by atoms with E-state index in [0.717, 1.165) is 47.5 Å². The molecule has 3 aromatic heterocycles. The fraction of sp³-hybridized carbons (Fsp3) is 0.227. The van der Waals surface area contributed by atoms with Gasteiger partial charge in [-0.1, -0.05) is 18.2 Å². The maximum atomic E-state index is 13.0. The number of nitrogens with one attached hydrogen (secondary N) is 1. The lowest BCUT2D eigenvalue weighted by Crippen LogP contribution is -2.43. The van der Waals surface area contributed by atoms with Crippen LogP contribution in [0.5, 0.6) is 0 Å². The number of hydrogen-bond acceptors (Lipinski definition) is 6. The van der Waals surface area contributed by atoms with Crippen LogP contribution >= 0.6 is 0 Å². The number of amides is 1. The molecule has 1 aromatic carbocycles. The summed E-state index contributed by atoms with van der Waals surface area (Å²) in [6, 6.07) is 11.5. The van der Waals surface area contributed by atoms with Crippen LogP contribution in [0.1, 0.15) is 18.4 Å². The van der Waals surface area contributed by atoms with Crippen LogP contribution in [0.3, 0.4) is 0 Å². The molecule has 1 saturated heterocycles. The lowest BCUT2D eigenvalue weighted by molar-refractivity contribution is -0.122. The number of nitrogens with zero attached hydrogens (tertiary/aromatic N) is 6. The van der Waals surface area contributed by atoms with E-state index in [9.17, 15) is 4.79 Å². The topological polar surface area (TPSA) is 88.8 Å². The van der Waals surface area contributed by atoms with Gasteiger partial charge >= 0.3 is 0 Å². The molecule has 1 amide bonds. The van der Waals surface area contributed by atoms with Crippen LogP contribution in [-0.2, 0) is 11.3 Å². The SMILES string of the molecule is O=C(NCc1ccc(-n2ccnc2)nc1)[C@@H]1CCCN1c1ncnc2ccccc12. The maximum Gasteiger partial charge on any atom is 0.243 e. The quantitative estimate of drug-likeness (QED) is 0.555. The van der Waals surface area contributed by atoms with E-state index in [2.05, 4.69) is 30.2 Å². The third kappa shape index (κ3) is 3.47. The molecule has 1 atom stereocenters. The van der Waals surface area contributed by atoms with Crippen molar-refractivity contribution in [1.29, 1.82) is 0 Å². The van der Waals surface area contributed by atoms with Gasteiger partial charge in [-0.2, -0.15) is 0 Å². The molecule has 8 heteroatoms. The van der Waals surface area contributed by atoms with Crippen LogP contribution in [0.2, 0.25) is 0 Å². The van der Waals surface area contributed by atoms with E-state index in [1.807, 2.05) is 47.2 Å². The fourth-order valence-corrected chi connectivity index (χ4v) is 3.89. The minimum Gasteiger partial charge on any atom is -0.350 e. The van der Waals surface area contributed by atoms with Gasteiger partial charge in [0.05, 0.1) is 5.52 Å². The van der Waals surface area contributed by atoms with Gasteiger partial charge in [0, 0.05) is 37.1 Å². The van der Waals surface area contributed by atoms with Crippen LogP contribution in [0.15, 0.2) is 67.6 Å². The standard InChI is InChI=1S/C22H21N7O/c30-22(25-13-16-7-8-20(24-12-16)28-11-9-23-15-28)19-6-3-10-29(19)21-17-4-1-2-5-18(17)26-14-27-21/h1-2,4-5,7-9,11-12,14-15,19H,3,6,10,13H2,(H,25,30)/t19-/m0/s1. The molecule has 1 aliphatic heterocycles. The Kier molecular flexibility index (Phi) is 4.80. The molecule has 0 spiro atoms. The molecule has 0 saturated carbocycles. The average molecular weight is 399 g/mol. The molecule has 1 fully saturated rings. The number of hydrogen-bond donors (Lipinski definition) is 1. The third-order valence-electron chi connectivity index (χ3n) is 5.39. The Labute approximate surface area is 173 Å². The summed E-state index contributed by atoms with van der Waals surface area (Å²) in [6.45, 7) is 1.24. The monoisotopic (exact) mass is 399 g/mol. The highest BCUT2D eigenvalue weighted by molar-refractivity contribution is 5.93. The molecule has 4 aromatic rings. The predicted molar refractivity (Wildman–Crippen MR) is 113 cm³/mol. The lowest BCUT2D eigenvalue weighted by Gasteiger charge is -2.25. The number of carbonyl (C=O) groups excluding carboxylic acids is 1. The van der Waals surface area contributed by atoms with Gasteiger partial charge in [0.1, 0.15) is 30.3 Å². The first-order chi connectivity index (χ1) is 14.8. The number of aromatic nitrogens is 5. The van der Waals surface area contributed by atoms with E-state index in [0.29, 0.717) is 6.54 Å². The molecule has 0 radical (unpaired) electrons. The minimum atomic E-state index is -0.235. The van der Waals surface area contributed by atoms with Gasteiger partial charge < -0.3 is 10.2 Å². The van der Waals surface area contributed by atoms with Gasteiger partial charge in [-0.3, -0.25) is 9.36 Å². The van der Waals surface area contributed by atoms with E-state index in [1.54, 1.807) is 25.0 Å². The van der Waals surface area contributed by atoms with Crippen LogP contribution in [0.25, 0.3) is 16.7 Å². The first-order valence-electron chi connectivity index (χ1n) is 9.97. The third-order valence-corrected chi connectivity index (χ3v) is 5.39. The smallest absolute Gasteiger partial charge is 0.243 e. The normalized spacial score (nSPS) is 16.1. The number of benzene rings is 1. The van der Waals surface area contributed by atoms with Gasteiger partial charge in [-0.15, -0.1) is 0 Å². The summed E-state index contributed by atoms with van der Waals surface area (Å²) in [7, 11) is 0. The number of para-hydroxylation sites is 1. The average Bonchev–Trinajstić information content (AvgIpc) is 3.50. The Hall–Kier alpha value is -3.81. The van der Waals surface area contributed by atoms with E-state index >= 15 is 0 Å². The van der Waals surface area contributed by atoms with Crippen molar-refractivity contribution < 1.29 is 4.79 Å². The predicted octanol–water partition coefficient (Wildman–Crippen LogP) is 2.50. The van der Waals surface area contributed by atoms with Crippen LogP contribution < -0.4 is 10.2 Å². The van der Waals surface area contributed by atoms with Gasteiger partial charge in [-0.05, 0) is 36.6 Å². The molecular weight excluding hydrogens is 378 g/mol. The number of imidazole rings is 1. The van der Waals surface area contributed by atoms with Gasteiger partial charge in [0.15, 0.2) is 0 Å². The Balaban J connectivity index is 1.28. The zero-order valence-electron chi connectivity index (χ0n) is 16.3. The number of pyridine rings is 1. The van der Waals surface area contributed by atoms with Crippen molar-refractivity contribution in [3.05, 3.63) is 73.2 Å². The van der Waals surface area contributed by atoms with E-state index in [-0.39, 0.29) is 11.9 Å². The van der Waals surface area contributed by atoms with E-state index in [4.69, 9.17) is 0 Å². The number of fused-ring (bicyclic) bond motifs is 1. The Morgan fingerprint density at radius 2 is 2.07 bits per heavy atom. The van der Waals surface area contributed by atoms with Gasteiger partial charge in [-0.25, -0.2) is 19.9 Å². The van der Waals surface area contributed by atoms with Gasteiger partial charge in [0.2, 0.25) is 5.91 Å². The second-order valence-electron chi connectivity index (χ2n) is 7.28. The Morgan fingerprint density at radius 3 is 2.90 bits per heavy atom. The Morgan fingerprint density at radius 1 is 1.13 bits per heavy atom. The van der Waals surface area contributed by atoms with Gasteiger partial charge in [0.25, 0.3) is 0 Å². The second-order valence-corrected chi connectivity index (χ2v) is 7.28. The van der Waals surface area contributed by atoms with Crippen molar-refractivity contribution in [2.24, 2.45) is 0 Å². The van der Waals surface area contributed by atoms with E-state index < -0.39 is 0 Å². The van der Waals surface area contributed by atoms with Crippen molar-refractivity contribution in [2.75, 3.05) is 11.4 Å². The molecule has 150 valence electrons. The molecule has 0 bridgehead atoms. The molecule has 5 rings (SSSR count). The minimum absolute atomic E-state index is 0.00822. The van der Waals surface area contributed by atoms with Crippen LogP contribution in [0.4, 0.5) is 5.82 Å². The zero-order valence-corrected chi connectivity index (χ0v) is 16.3. The molecule has 0 aliphatic carbocycles. The Bertz CT molecular complexity index is 1150. The maximum absolute atomic E-state index is 13.0. The molecule has 1 aliphatic rings. The summed E-state index contributed by atoms with van der Waals surface area (Å²) in [5, 5.41) is 4.03. The molecule has 30 heavy (non-hydrogen) atoms. The summed E-state index contributed by atoms with van der Waals surface area (Å²) < 4.78 is 1.84. The first-order valence-corrected chi connectivity index (χ1v) is 9.97. The summed E-state index contributed by atoms with van der Waals surface area (Å²) >= 11 is 0. The van der Waals surface area contributed by atoms with Crippen molar-refractivity contribution >= 4 is 22.6 Å². The van der Waals surface area contributed by atoms with E-state index in [1.165, 1.54) is 0 Å². The molecule has 1 N–H and O–H groups in total. The zero-order chi connectivity index (χ0) is 20.3. The summed E-state index contributed by atoms with van der Waals surface area (Å²) in [5.41, 5.74) is 1.84. The summed E-state index contributed by atoms with van der Waals surface area (Å²) in [5.74, 6) is 1.62. The lowest BCUT2D eigenvalue weighted by atomic mass is 10.1. The molecule has 0 unspecified atom stereocenters. The van der Waals surface area contributed by atoms with Crippen LogP contribution in [0, 0.1) is 0 Å². The number of anilines is 1. The number of carbonyl (C=O) groups is 1. The van der Waals surface area contributed by atoms with Crippen molar-refractivity contribution in [3.8, 4) is 5.82 Å². The summed E-state index contributed by atoms with van der Waals surface area (Å²) in [6.07, 6.45) is 10.4. The van der Waals surface area contributed by atoms with Crippen molar-refractivity contribution in [2.45, 2.75) is 25.4 Å². The highest BCUT2D eigenvalue weighted by Crippen LogP contribution is 2.29. The summed E-state index contributed by atoms with van der Waals surface area (Å²) in [4.78, 5) is 32.4. The fourth-order valence-electron chi connectivity index (χ4n) is 3.89. The highest BCUT2D eigenvalue weighted by Gasteiger charge is 2.32. The van der Waals surface area contributed by atoms with Crippen molar-refractivity contribution in [1.82, 2.24) is 29.8 Å². The van der Waals surface area contributed by atoms with Crippen LogP contribution in [-0.4, -0.2) is 43.0 Å². The molecular formula is C22H21N7O. The second kappa shape index (κ2) is 7.90. The number of rotatable bonds is 5. The largest absolute Gasteiger partial charge is 0.350 e. The molecule has 4 heterocycles. The first kappa shape index (κ1) is 18.2. The molecule has 8 nitrogen and oxygen atoms in total.